The third-order valence-corrected chi connectivity index (χ3v) is 2.85. The average molecular weight is 297 g/mol. The first-order valence-electron chi connectivity index (χ1n) is 6.54. The molecule has 9 heteroatoms. The zero-order valence-electron chi connectivity index (χ0n) is 13.1. The molecule has 0 bridgehead atoms. The van der Waals surface area contributed by atoms with Gasteiger partial charge in [0.15, 0.2) is 0 Å². The van der Waals surface area contributed by atoms with Crippen molar-refractivity contribution in [2.45, 2.75) is 20.8 Å². The fourth-order valence-corrected chi connectivity index (χ4v) is 2.21. The summed E-state index contributed by atoms with van der Waals surface area (Å²) in [6.07, 6.45) is 0. The van der Waals surface area contributed by atoms with Crippen LogP contribution in [0, 0.1) is 22.5 Å². The van der Waals surface area contributed by atoms with E-state index in [-0.39, 0.29) is 28.6 Å². The van der Waals surface area contributed by atoms with Gasteiger partial charge in [-0.25, -0.2) is 10.8 Å². The lowest BCUT2D eigenvalue weighted by Gasteiger charge is -2.28. The number of anilines is 2. The van der Waals surface area contributed by atoms with E-state index in [0.29, 0.717) is 6.54 Å². The molecule has 1 rings (SSSR count). The van der Waals surface area contributed by atoms with E-state index in [1.165, 1.54) is 0 Å². The van der Waals surface area contributed by atoms with Crippen LogP contribution < -0.4 is 16.6 Å². The lowest BCUT2D eigenvalue weighted by molar-refractivity contribution is -0.385. The largest absolute Gasteiger partial charge is 0.364 e. The van der Waals surface area contributed by atoms with Crippen LogP contribution in [0.4, 0.5) is 17.5 Å². The second-order valence-corrected chi connectivity index (χ2v) is 5.99. The first-order chi connectivity index (χ1) is 9.66. The average Bonchev–Trinajstić information content (AvgIpc) is 2.33. The fraction of sp³-hybridized carbons (Fsp3) is 0.667. The van der Waals surface area contributed by atoms with Gasteiger partial charge in [0.1, 0.15) is 5.69 Å². The van der Waals surface area contributed by atoms with Gasteiger partial charge in [-0.15, -0.1) is 0 Å². The van der Waals surface area contributed by atoms with Crippen molar-refractivity contribution in [3.8, 4) is 0 Å². The highest BCUT2D eigenvalue weighted by Crippen LogP contribution is 2.27. The van der Waals surface area contributed by atoms with Crippen LogP contribution in [0.2, 0.25) is 0 Å². The molecule has 0 atom stereocenters. The molecule has 0 saturated carbocycles. The molecule has 0 saturated heterocycles. The van der Waals surface area contributed by atoms with E-state index < -0.39 is 4.92 Å². The molecule has 0 amide bonds. The van der Waals surface area contributed by atoms with E-state index in [2.05, 4.69) is 39.5 Å². The number of aryl methyl sites for hydroxylation is 1. The molecule has 9 nitrogen and oxygen atoms in total. The van der Waals surface area contributed by atoms with Crippen LogP contribution in [0.1, 0.15) is 19.5 Å². The fourth-order valence-electron chi connectivity index (χ4n) is 2.21. The molecule has 0 aliphatic carbocycles. The molecule has 21 heavy (non-hydrogen) atoms. The number of nitrogens with two attached hydrogens (primary N) is 1. The molecule has 0 aromatic carbocycles. The molecule has 0 aliphatic heterocycles. The first-order valence-corrected chi connectivity index (χ1v) is 6.54. The summed E-state index contributed by atoms with van der Waals surface area (Å²) in [5.41, 5.74) is 2.36. The summed E-state index contributed by atoms with van der Waals surface area (Å²) in [6.45, 7) is 7.06. The third kappa shape index (κ3) is 4.80. The molecular weight excluding hydrogens is 274 g/mol. The van der Waals surface area contributed by atoms with Crippen LogP contribution >= 0.6 is 0 Å². The van der Waals surface area contributed by atoms with Gasteiger partial charge in [-0.2, -0.15) is 4.98 Å². The smallest absolute Gasteiger partial charge is 0.332 e. The number of rotatable bonds is 7. The van der Waals surface area contributed by atoms with Gasteiger partial charge in [0, 0.05) is 13.1 Å². The monoisotopic (exact) mass is 297 g/mol. The maximum Gasteiger partial charge on any atom is 0.332 e. The van der Waals surface area contributed by atoms with Gasteiger partial charge in [0.25, 0.3) is 0 Å². The number of nitrogen functional groups attached to an aromatic ring is 1. The molecule has 0 fully saturated rings. The Balaban J connectivity index is 3.01. The zero-order chi connectivity index (χ0) is 16.2. The number of aromatic nitrogens is 2. The highest BCUT2D eigenvalue weighted by molar-refractivity contribution is 5.60. The zero-order valence-corrected chi connectivity index (χ0v) is 13.1. The van der Waals surface area contributed by atoms with Crippen molar-refractivity contribution in [2.24, 2.45) is 11.3 Å². The summed E-state index contributed by atoms with van der Waals surface area (Å²) < 4.78 is 0. The number of hydrazine groups is 1. The van der Waals surface area contributed by atoms with Gasteiger partial charge in [-0.1, -0.05) is 13.8 Å². The van der Waals surface area contributed by atoms with Crippen LogP contribution in [0.5, 0.6) is 0 Å². The minimum Gasteiger partial charge on any atom is -0.364 e. The minimum absolute atomic E-state index is 0.0769. The van der Waals surface area contributed by atoms with Crippen molar-refractivity contribution >= 4 is 17.5 Å². The third-order valence-electron chi connectivity index (χ3n) is 2.85. The summed E-state index contributed by atoms with van der Waals surface area (Å²) in [4.78, 5) is 20.7. The second-order valence-electron chi connectivity index (χ2n) is 5.99. The Hall–Kier alpha value is -2.00. The molecule has 1 aromatic heterocycles. The van der Waals surface area contributed by atoms with Gasteiger partial charge in [0.05, 0.1) is 4.92 Å². The highest BCUT2D eigenvalue weighted by Gasteiger charge is 2.25. The van der Waals surface area contributed by atoms with Crippen molar-refractivity contribution in [1.82, 2.24) is 14.9 Å². The standard InChI is InChI=1S/C12H23N7O2/c1-8-9(19(20)21)10(16-11(15-8)17-13)14-6-12(2,3)7-18(4)5/h6-7,13H2,1-5H3,(H2,14,15,16,17). The molecule has 0 spiro atoms. The van der Waals surface area contributed by atoms with Crippen LogP contribution in [-0.4, -0.2) is 47.0 Å². The Morgan fingerprint density at radius 1 is 1.38 bits per heavy atom. The second kappa shape index (κ2) is 6.64. The molecule has 0 aliphatic rings. The van der Waals surface area contributed by atoms with Crippen LogP contribution in [-0.2, 0) is 0 Å². The lowest BCUT2D eigenvalue weighted by Crippen LogP contribution is -2.34. The highest BCUT2D eigenvalue weighted by atomic mass is 16.6. The molecule has 0 unspecified atom stereocenters. The number of nitro groups is 1. The summed E-state index contributed by atoms with van der Waals surface area (Å²) in [6, 6.07) is 0. The Kier molecular flexibility index (Phi) is 5.39. The Labute approximate surface area is 124 Å². The predicted octanol–water partition coefficient (Wildman–Crippen LogP) is 0.979. The number of hydrogen-bond donors (Lipinski definition) is 3. The summed E-state index contributed by atoms with van der Waals surface area (Å²) in [7, 11) is 3.96. The van der Waals surface area contributed by atoms with E-state index in [1.54, 1.807) is 6.92 Å². The maximum atomic E-state index is 11.2. The normalized spacial score (nSPS) is 11.6. The minimum atomic E-state index is -0.489. The van der Waals surface area contributed by atoms with Gasteiger partial charge < -0.3 is 10.2 Å². The van der Waals surface area contributed by atoms with E-state index in [9.17, 15) is 10.1 Å². The summed E-state index contributed by atoms with van der Waals surface area (Å²) in [5, 5.41) is 14.2. The van der Waals surface area contributed by atoms with Crippen molar-refractivity contribution < 1.29 is 4.92 Å². The van der Waals surface area contributed by atoms with Crippen LogP contribution in [0.15, 0.2) is 0 Å². The lowest BCUT2D eigenvalue weighted by atomic mass is 9.93. The maximum absolute atomic E-state index is 11.2. The first kappa shape index (κ1) is 17.1. The molecule has 1 heterocycles. The molecule has 0 radical (unpaired) electrons. The number of hydrogen-bond acceptors (Lipinski definition) is 8. The molecule has 4 N–H and O–H groups in total. The molecule has 118 valence electrons. The predicted molar refractivity (Wildman–Crippen MR) is 82.1 cm³/mol. The van der Waals surface area contributed by atoms with E-state index in [0.717, 1.165) is 6.54 Å². The van der Waals surface area contributed by atoms with E-state index >= 15 is 0 Å². The molecule has 1 aromatic rings. The van der Waals surface area contributed by atoms with Crippen molar-refractivity contribution in [2.75, 3.05) is 37.9 Å². The van der Waals surface area contributed by atoms with Gasteiger partial charge >= 0.3 is 5.69 Å². The van der Waals surface area contributed by atoms with E-state index in [4.69, 9.17) is 5.84 Å². The Morgan fingerprint density at radius 2 is 2.00 bits per heavy atom. The van der Waals surface area contributed by atoms with Crippen molar-refractivity contribution in [1.29, 1.82) is 0 Å². The van der Waals surface area contributed by atoms with Gasteiger partial charge in [-0.3, -0.25) is 15.5 Å². The SMILES string of the molecule is Cc1nc(NN)nc(NCC(C)(C)CN(C)C)c1[N+](=O)[O-]. The van der Waals surface area contributed by atoms with Gasteiger partial charge in [-0.05, 0) is 26.4 Å². The van der Waals surface area contributed by atoms with Crippen LogP contribution in [0.3, 0.4) is 0 Å². The van der Waals surface area contributed by atoms with Crippen molar-refractivity contribution in [3.05, 3.63) is 15.8 Å². The summed E-state index contributed by atoms with van der Waals surface area (Å²) >= 11 is 0. The topological polar surface area (TPSA) is 122 Å². The van der Waals surface area contributed by atoms with Gasteiger partial charge in [0.2, 0.25) is 11.8 Å². The quantitative estimate of drug-likeness (QED) is 0.387. The van der Waals surface area contributed by atoms with Crippen molar-refractivity contribution in [3.63, 3.8) is 0 Å². The Bertz CT molecular complexity index is 517. The van der Waals surface area contributed by atoms with Crippen LogP contribution in [0.25, 0.3) is 0 Å². The number of nitrogens with zero attached hydrogens (tertiary/aromatic N) is 4. The molecular formula is C12H23N7O2. The summed E-state index contributed by atoms with van der Waals surface area (Å²) in [5.74, 6) is 5.60. The number of nitrogens with one attached hydrogen (secondary N) is 2. The van der Waals surface area contributed by atoms with E-state index in [1.807, 2.05) is 14.1 Å². The Morgan fingerprint density at radius 3 is 2.48 bits per heavy atom.